The van der Waals surface area contributed by atoms with Crippen LogP contribution in [0.1, 0.15) is 17.5 Å². The number of hydrogen-bond donors (Lipinski definition) is 2. The van der Waals surface area contributed by atoms with Crippen molar-refractivity contribution in [3.63, 3.8) is 0 Å². The van der Waals surface area contributed by atoms with Crippen molar-refractivity contribution < 1.29 is 9.53 Å². The molecule has 1 amide bonds. The fraction of sp³-hybridized carbons (Fsp3) is 0.208. The van der Waals surface area contributed by atoms with Crippen molar-refractivity contribution in [2.45, 2.75) is 19.8 Å². The molecule has 2 N–H and O–H groups in total. The minimum Gasteiger partial charge on any atom is -0.494 e. The van der Waals surface area contributed by atoms with E-state index < -0.39 is 0 Å². The molecule has 0 aliphatic carbocycles. The van der Waals surface area contributed by atoms with E-state index in [0.717, 1.165) is 29.8 Å². The number of carbonyl (C=O) groups excluding carboxylic acids is 1. The topological polar surface area (TPSA) is 50.4 Å². The SMILES string of the molecule is Cc1ccc(NC(=O)CNc2ccc(OCCCc3ccccc3)cc2)cc1Cl. The first kappa shape index (κ1) is 20.7. The first-order chi connectivity index (χ1) is 14.1. The molecule has 5 heteroatoms. The van der Waals surface area contributed by atoms with Crippen LogP contribution in [-0.2, 0) is 11.2 Å². The molecular weight excluding hydrogens is 384 g/mol. The number of anilines is 2. The Labute approximate surface area is 176 Å². The molecule has 29 heavy (non-hydrogen) atoms. The van der Waals surface area contributed by atoms with Gasteiger partial charge in [-0.2, -0.15) is 0 Å². The van der Waals surface area contributed by atoms with Gasteiger partial charge in [-0.25, -0.2) is 0 Å². The van der Waals surface area contributed by atoms with Crippen molar-refractivity contribution in [1.82, 2.24) is 0 Å². The van der Waals surface area contributed by atoms with Gasteiger partial charge in [-0.15, -0.1) is 0 Å². The molecule has 0 aromatic heterocycles. The van der Waals surface area contributed by atoms with Crippen molar-refractivity contribution in [2.24, 2.45) is 0 Å². The zero-order valence-corrected chi connectivity index (χ0v) is 17.2. The highest BCUT2D eigenvalue weighted by atomic mass is 35.5. The van der Waals surface area contributed by atoms with Crippen LogP contribution < -0.4 is 15.4 Å². The van der Waals surface area contributed by atoms with Gasteiger partial charge in [0.1, 0.15) is 5.75 Å². The standard InChI is InChI=1S/C24H25ClN2O2/c1-18-9-10-21(16-23(18)25)27-24(28)17-26-20-11-13-22(14-12-20)29-15-5-8-19-6-3-2-4-7-19/h2-4,6-7,9-14,16,26H,5,8,15,17H2,1H3,(H,27,28). The fourth-order valence-corrected chi connectivity index (χ4v) is 3.02. The number of amides is 1. The van der Waals surface area contributed by atoms with E-state index in [1.807, 2.05) is 49.4 Å². The third-order valence-corrected chi connectivity index (χ3v) is 4.89. The van der Waals surface area contributed by atoms with Crippen molar-refractivity contribution in [3.8, 4) is 5.75 Å². The molecule has 0 radical (unpaired) electrons. The molecule has 0 bridgehead atoms. The Balaban J connectivity index is 1.38. The summed E-state index contributed by atoms with van der Waals surface area (Å²) in [6.07, 6.45) is 1.97. The summed E-state index contributed by atoms with van der Waals surface area (Å²) < 4.78 is 5.79. The third-order valence-electron chi connectivity index (χ3n) is 4.48. The van der Waals surface area contributed by atoms with Crippen LogP contribution in [0.4, 0.5) is 11.4 Å². The molecule has 0 saturated carbocycles. The Hall–Kier alpha value is -2.98. The molecule has 3 aromatic rings. The molecule has 0 aliphatic rings. The Bertz CT molecular complexity index is 927. The van der Waals surface area contributed by atoms with Gasteiger partial charge in [0.2, 0.25) is 5.91 Å². The normalized spacial score (nSPS) is 10.4. The second kappa shape index (κ2) is 10.5. The second-order valence-corrected chi connectivity index (χ2v) is 7.23. The van der Waals surface area contributed by atoms with E-state index in [-0.39, 0.29) is 12.5 Å². The van der Waals surface area contributed by atoms with Gasteiger partial charge in [0, 0.05) is 16.4 Å². The van der Waals surface area contributed by atoms with E-state index in [2.05, 4.69) is 34.9 Å². The number of nitrogens with one attached hydrogen (secondary N) is 2. The minimum atomic E-state index is -0.133. The quantitative estimate of drug-likeness (QED) is 0.446. The first-order valence-electron chi connectivity index (χ1n) is 9.67. The van der Waals surface area contributed by atoms with Gasteiger partial charge >= 0.3 is 0 Å². The van der Waals surface area contributed by atoms with Gasteiger partial charge < -0.3 is 15.4 Å². The second-order valence-electron chi connectivity index (χ2n) is 6.83. The van der Waals surface area contributed by atoms with E-state index in [1.165, 1.54) is 5.56 Å². The van der Waals surface area contributed by atoms with Crippen LogP contribution in [0.25, 0.3) is 0 Å². The predicted molar refractivity (Wildman–Crippen MR) is 120 cm³/mol. The lowest BCUT2D eigenvalue weighted by atomic mass is 10.1. The van der Waals surface area contributed by atoms with Crippen molar-refractivity contribution in [3.05, 3.63) is 88.9 Å². The number of rotatable bonds is 9. The van der Waals surface area contributed by atoms with E-state index in [4.69, 9.17) is 16.3 Å². The van der Waals surface area contributed by atoms with Crippen LogP contribution in [0, 0.1) is 6.92 Å². The monoisotopic (exact) mass is 408 g/mol. The minimum absolute atomic E-state index is 0.133. The summed E-state index contributed by atoms with van der Waals surface area (Å²) in [7, 11) is 0. The predicted octanol–water partition coefficient (Wildman–Crippen LogP) is 5.71. The molecule has 0 saturated heterocycles. The first-order valence-corrected chi connectivity index (χ1v) is 10.0. The molecule has 0 atom stereocenters. The molecule has 0 fully saturated rings. The van der Waals surface area contributed by atoms with E-state index in [1.54, 1.807) is 6.07 Å². The molecule has 0 spiro atoms. The summed E-state index contributed by atoms with van der Waals surface area (Å²) in [5.41, 5.74) is 3.84. The molecule has 0 unspecified atom stereocenters. The summed E-state index contributed by atoms with van der Waals surface area (Å²) in [5, 5.41) is 6.57. The molecule has 4 nitrogen and oxygen atoms in total. The lowest BCUT2D eigenvalue weighted by molar-refractivity contribution is -0.114. The zero-order chi connectivity index (χ0) is 20.5. The van der Waals surface area contributed by atoms with Crippen LogP contribution in [0.3, 0.4) is 0 Å². The van der Waals surface area contributed by atoms with Gasteiger partial charge in [0.15, 0.2) is 0 Å². The Morgan fingerprint density at radius 2 is 1.69 bits per heavy atom. The molecule has 0 aliphatic heterocycles. The zero-order valence-electron chi connectivity index (χ0n) is 16.5. The van der Waals surface area contributed by atoms with Crippen LogP contribution >= 0.6 is 11.6 Å². The molecular formula is C24H25ClN2O2. The van der Waals surface area contributed by atoms with Crippen LogP contribution in [0.2, 0.25) is 5.02 Å². The average molecular weight is 409 g/mol. The third kappa shape index (κ3) is 6.84. The van der Waals surface area contributed by atoms with Crippen molar-refractivity contribution >= 4 is 28.9 Å². The summed E-state index contributed by atoms with van der Waals surface area (Å²) in [6.45, 7) is 2.76. The van der Waals surface area contributed by atoms with Crippen LogP contribution in [0.15, 0.2) is 72.8 Å². The van der Waals surface area contributed by atoms with Crippen molar-refractivity contribution in [1.29, 1.82) is 0 Å². The van der Waals surface area contributed by atoms with Crippen LogP contribution in [-0.4, -0.2) is 19.1 Å². The number of ether oxygens (including phenoxy) is 1. The molecule has 150 valence electrons. The van der Waals surface area contributed by atoms with E-state index >= 15 is 0 Å². The van der Waals surface area contributed by atoms with Gasteiger partial charge in [0.25, 0.3) is 0 Å². The Morgan fingerprint density at radius 3 is 2.41 bits per heavy atom. The molecule has 3 aromatic carbocycles. The van der Waals surface area contributed by atoms with E-state index in [9.17, 15) is 4.79 Å². The van der Waals surface area contributed by atoms with Gasteiger partial charge in [-0.05, 0) is 67.3 Å². The maximum atomic E-state index is 12.1. The Morgan fingerprint density at radius 1 is 0.966 bits per heavy atom. The number of hydrogen-bond acceptors (Lipinski definition) is 3. The average Bonchev–Trinajstić information content (AvgIpc) is 2.74. The Kier molecular flexibility index (Phi) is 7.54. The summed E-state index contributed by atoms with van der Waals surface area (Å²) in [6, 6.07) is 23.5. The number of benzene rings is 3. The summed E-state index contributed by atoms with van der Waals surface area (Å²) >= 11 is 6.08. The highest BCUT2D eigenvalue weighted by Gasteiger charge is 2.04. The lowest BCUT2D eigenvalue weighted by Gasteiger charge is -2.10. The largest absolute Gasteiger partial charge is 0.494 e. The molecule has 3 rings (SSSR count). The number of aryl methyl sites for hydroxylation is 2. The maximum Gasteiger partial charge on any atom is 0.243 e. The number of carbonyl (C=O) groups is 1. The smallest absolute Gasteiger partial charge is 0.243 e. The van der Waals surface area contributed by atoms with E-state index in [0.29, 0.717) is 17.3 Å². The molecule has 0 heterocycles. The summed E-state index contributed by atoms with van der Waals surface area (Å²) in [5.74, 6) is 0.688. The van der Waals surface area contributed by atoms with Gasteiger partial charge in [-0.1, -0.05) is 48.0 Å². The van der Waals surface area contributed by atoms with Crippen LogP contribution in [0.5, 0.6) is 5.75 Å². The maximum absolute atomic E-state index is 12.1. The highest BCUT2D eigenvalue weighted by Crippen LogP contribution is 2.20. The van der Waals surface area contributed by atoms with Gasteiger partial charge in [0.05, 0.1) is 13.2 Å². The fourth-order valence-electron chi connectivity index (χ4n) is 2.84. The highest BCUT2D eigenvalue weighted by molar-refractivity contribution is 6.31. The lowest BCUT2D eigenvalue weighted by Crippen LogP contribution is -2.21. The van der Waals surface area contributed by atoms with Gasteiger partial charge in [-0.3, -0.25) is 4.79 Å². The summed E-state index contributed by atoms with van der Waals surface area (Å²) in [4.78, 5) is 12.1. The number of halogens is 1. The van der Waals surface area contributed by atoms with Crippen molar-refractivity contribution in [2.75, 3.05) is 23.8 Å².